The molecule has 0 aliphatic heterocycles. The Balaban J connectivity index is 2.21. The third kappa shape index (κ3) is 3.13. The second-order valence-corrected chi connectivity index (χ2v) is 5.56. The Morgan fingerprint density at radius 2 is 2.11 bits per heavy atom. The molecule has 1 aromatic heterocycles. The molecule has 0 bridgehead atoms. The zero-order chi connectivity index (χ0) is 13.2. The van der Waals surface area contributed by atoms with Crippen molar-refractivity contribution in [3.05, 3.63) is 30.7 Å². The molecule has 0 unspecified atom stereocenters. The summed E-state index contributed by atoms with van der Waals surface area (Å²) >= 11 is 16.4. The Bertz CT molecular complexity index is 552. The van der Waals surface area contributed by atoms with E-state index in [4.69, 9.17) is 39.2 Å². The number of alkyl halides is 3. The quantitative estimate of drug-likeness (QED) is 0.866. The van der Waals surface area contributed by atoms with Crippen molar-refractivity contribution in [3.63, 3.8) is 0 Å². The highest BCUT2D eigenvalue weighted by Gasteiger charge is 2.30. The van der Waals surface area contributed by atoms with Crippen molar-refractivity contribution in [2.24, 2.45) is 0 Å². The van der Waals surface area contributed by atoms with Gasteiger partial charge in [-0.1, -0.05) is 40.9 Å². The van der Waals surface area contributed by atoms with Gasteiger partial charge in [0.2, 0.25) is 12.3 Å². The Kier molecular flexibility index (Phi) is 3.75. The van der Waals surface area contributed by atoms with Crippen LogP contribution in [0.2, 0.25) is 0 Å². The van der Waals surface area contributed by atoms with Crippen molar-refractivity contribution in [3.8, 4) is 11.5 Å². The fraction of sp³-hybridized carbons (Fsp3) is 0.100. The van der Waals surface area contributed by atoms with Crippen LogP contribution in [0.25, 0.3) is 11.5 Å². The number of amides is 1. The maximum Gasteiger partial charge on any atom is 0.276 e. The average Bonchev–Trinajstić information content (AvgIpc) is 2.81. The Labute approximate surface area is 117 Å². The highest BCUT2D eigenvalue weighted by atomic mass is 35.6. The first-order chi connectivity index (χ1) is 8.47. The van der Waals surface area contributed by atoms with Gasteiger partial charge in [0.15, 0.2) is 0 Å². The summed E-state index contributed by atoms with van der Waals surface area (Å²) in [6, 6.07) is 6.72. The maximum absolute atomic E-state index is 11.5. The van der Waals surface area contributed by atoms with Crippen molar-refractivity contribution in [1.82, 2.24) is 10.2 Å². The van der Waals surface area contributed by atoms with Gasteiger partial charge < -0.3 is 9.73 Å². The lowest BCUT2D eigenvalue weighted by Crippen LogP contribution is -2.26. The SMILES string of the molecule is O=C(Nc1cccc(-c2nnco2)c1)C(Cl)(Cl)Cl. The molecule has 0 fully saturated rings. The first-order valence-corrected chi connectivity index (χ1v) is 5.85. The van der Waals surface area contributed by atoms with Crippen LogP contribution in [-0.4, -0.2) is 19.9 Å². The molecule has 0 saturated heterocycles. The van der Waals surface area contributed by atoms with Crippen molar-refractivity contribution >= 4 is 46.4 Å². The average molecular weight is 307 g/mol. The molecule has 0 spiro atoms. The van der Waals surface area contributed by atoms with Gasteiger partial charge in [0.1, 0.15) is 0 Å². The number of carbonyl (C=O) groups is 1. The van der Waals surface area contributed by atoms with Gasteiger partial charge in [-0.3, -0.25) is 4.79 Å². The number of anilines is 1. The first kappa shape index (κ1) is 13.1. The van der Waals surface area contributed by atoms with Gasteiger partial charge in [-0.25, -0.2) is 0 Å². The fourth-order valence-electron chi connectivity index (χ4n) is 1.23. The minimum absolute atomic E-state index is 0.333. The number of carbonyl (C=O) groups excluding carboxylic acids is 1. The molecule has 1 heterocycles. The predicted octanol–water partition coefficient (Wildman–Crippen LogP) is 3.05. The number of nitrogens with one attached hydrogen (secondary N) is 1. The van der Waals surface area contributed by atoms with Gasteiger partial charge in [-0.2, -0.15) is 0 Å². The zero-order valence-corrected chi connectivity index (χ0v) is 11.0. The third-order valence-corrected chi connectivity index (χ3v) is 2.50. The summed E-state index contributed by atoms with van der Waals surface area (Å²) in [6.07, 6.45) is 1.21. The van der Waals surface area contributed by atoms with Crippen LogP contribution in [0, 0.1) is 0 Å². The summed E-state index contributed by atoms with van der Waals surface area (Å²) in [5, 5.41) is 9.77. The number of benzene rings is 1. The normalized spacial score (nSPS) is 11.3. The van der Waals surface area contributed by atoms with E-state index in [0.717, 1.165) is 0 Å². The Morgan fingerprint density at radius 3 is 2.72 bits per heavy atom. The van der Waals surface area contributed by atoms with Gasteiger partial charge in [0, 0.05) is 11.3 Å². The van der Waals surface area contributed by atoms with Crippen molar-refractivity contribution in [2.45, 2.75) is 3.79 Å². The first-order valence-electron chi connectivity index (χ1n) is 4.71. The van der Waals surface area contributed by atoms with Crippen LogP contribution in [0.3, 0.4) is 0 Å². The number of halogens is 3. The van der Waals surface area contributed by atoms with Gasteiger partial charge >= 0.3 is 0 Å². The van der Waals surface area contributed by atoms with E-state index >= 15 is 0 Å². The van der Waals surface area contributed by atoms with Crippen LogP contribution in [-0.2, 0) is 4.79 Å². The lowest BCUT2D eigenvalue weighted by atomic mass is 10.2. The summed E-state index contributed by atoms with van der Waals surface area (Å²) in [5.41, 5.74) is 1.11. The number of hydrogen-bond acceptors (Lipinski definition) is 4. The Hall–Kier alpha value is -1.30. The molecular formula is C10H6Cl3N3O2. The summed E-state index contributed by atoms with van der Waals surface area (Å²) in [4.78, 5) is 11.5. The highest BCUT2D eigenvalue weighted by Crippen LogP contribution is 2.28. The minimum Gasteiger partial charge on any atom is -0.423 e. The van der Waals surface area contributed by atoms with E-state index in [-0.39, 0.29) is 0 Å². The van der Waals surface area contributed by atoms with Crippen LogP contribution >= 0.6 is 34.8 Å². The number of aromatic nitrogens is 2. The molecular weight excluding hydrogens is 300 g/mol. The smallest absolute Gasteiger partial charge is 0.276 e. The maximum atomic E-state index is 11.5. The standard InChI is InChI=1S/C10H6Cl3N3O2/c11-10(12,13)9(17)15-7-3-1-2-6(4-7)8-16-14-5-18-8/h1-5H,(H,15,17). The molecule has 1 aromatic carbocycles. The second-order valence-electron chi connectivity index (χ2n) is 3.28. The number of rotatable bonds is 2. The number of hydrogen-bond donors (Lipinski definition) is 1. The van der Waals surface area contributed by atoms with Crippen LogP contribution in [0.15, 0.2) is 35.1 Å². The molecule has 0 atom stereocenters. The number of nitrogens with zero attached hydrogens (tertiary/aromatic N) is 2. The molecule has 0 radical (unpaired) electrons. The Morgan fingerprint density at radius 1 is 1.33 bits per heavy atom. The molecule has 18 heavy (non-hydrogen) atoms. The minimum atomic E-state index is -2.01. The van der Waals surface area contributed by atoms with Crippen molar-refractivity contribution < 1.29 is 9.21 Å². The monoisotopic (exact) mass is 305 g/mol. The lowest BCUT2D eigenvalue weighted by Gasteiger charge is -2.11. The van der Waals surface area contributed by atoms with E-state index in [9.17, 15) is 4.79 Å². The second kappa shape index (κ2) is 5.14. The highest BCUT2D eigenvalue weighted by molar-refractivity contribution is 6.76. The van der Waals surface area contributed by atoms with Gasteiger partial charge in [-0.15, -0.1) is 10.2 Å². The van der Waals surface area contributed by atoms with E-state index in [1.54, 1.807) is 24.3 Å². The molecule has 2 aromatic rings. The van der Waals surface area contributed by atoms with Crippen LogP contribution in [0.1, 0.15) is 0 Å². The molecule has 2 rings (SSSR count). The zero-order valence-electron chi connectivity index (χ0n) is 8.73. The van der Waals surface area contributed by atoms with Gasteiger partial charge in [0.25, 0.3) is 9.70 Å². The molecule has 1 amide bonds. The summed E-state index contributed by atoms with van der Waals surface area (Å²) in [6.45, 7) is 0. The topological polar surface area (TPSA) is 68.0 Å². The molecule has 8 heteroatoms. The van der Waals surface area contributed by atoms with E-state index < -0.39 is 9.70 Å². The van der Waals surface area contributed by atoms with Crippen LogP contribution < -0.4 is 5.32 Å². The van der Waals surface area contributed by atoms with E-state index in [2.05, 4.69) is 15.5 Å². The molecule has 1 N–H and O–H groups in total. The molecule has 0 saturated carbocycles. The van der Waals surface area contributed by atoms with Crippen LogP contribution in [0.5, 0.6) is 0 Å². The van der Waals surface area contributed by atoms with Gasteiger partial charge in [-0.05, 0) is 18.2 Å². The fourth-order valence-corrected chi connectivity index (χ4v) is 1.37. The lowest BCUT2D eigenvalue weighted by molar-refractivity contribution is -0.115. The van der Waals surface area contributed by atoms with E-state index in [1.807, 2.05) is 0 Å². The van der Waals surface area contributed by atoms with Crippen LogP contribution in [0.4, 0.5) is 5.69 Å². The van der Waals surface area contributed by atoms with Gasteiger partial charge in [0.05, 0.1) is 0 Å². The summed E-state index contributed by atoms with van der Waals surface area (Å²) < 4.78 is 3.02. The van der Waals surface area contributed by atoms with E-state index in [1.165, 1.54) is 6.39 Å². The van der Waals surface area contributed by atoms with E-state index in [0.29, 0.717) is 17.1 Å². The predicted molar refractivity (Wildman–Crippen MR) is 68.7 cm³/mol. The summed E-state index contributed by atoms with van der Waals surface area (Å²) in [7, 11) is 0. The van der Waals surface area contributed by atoms with Crippen molar-refractivity contribution in [1.29, 1.82) is 0 Å². The molecule has 94 valence electrons. The molecule has 0 aliphatic rings. The summed E-state index contributed by atoms with van der Waals surface area (Å²) in [5.74, 6) is -0.407. The van der Waals surface area contributed by atoms with Crippen molar-refractivity contribution in [2.75, 3.05) is 5.32 Å². The largest absolute Gasteiger partial charge is 0.423 e. The third-order valence-electron chi connectivity index (χ3n) is 1.98. The molecule has 5 nitrogen and oxygen atoms in total. The molecule has 0 aliphatic carbocycles.